The largest absolute Gasteiger partial charge is 0.419 e. The number of alkyl halides is 3. The average molecular weight is 218 g/mol. The second-order valence-corrected chi connectivity index (χ2v) is 2.35. The Labute approximate surface area is 73.0 Å². The number of halogens is 7. The van der Waals surface area contributed by atoms with Gasteiger partial charge in [-0.25, -0.2) is 8.78 Å². The van der Waals surface area contributed by atoms with Gasteiger partial charge in [-0.2, -0.15) is 22.0 Å². The van der Waals surface area contributed by atoms with E-state index >= 15 is 0 Å². The summed E-state index contributed by atoms with van der Waals surface area (Å²) in [6.45, 7) is 0. The lowest BCUT2D eigenvalue weighted by Gasteiger charge is -2.19. The summed E-state index contributed by atoms with van der Waals surface area (Å²) in [6.07, 6.45) is -8.01. The summed E-state index contributed by atoms with van der Waals surface area (Å²) in [7, 11) is 0. The summed E-state index contributed by atoms with van der Waals surface area (Å²) in [5, 5.41) is 0. The Morgan fingerprint density at radius 1 is 1.07 bits per heavy atom. The molecule has 0 nitrogen and oxygen atoms in total. The van der Waals surface area contributed by atoms with Gasteiger partial charge in [0.25, 0.3) is 0 Å². The third kappa shape index (κ3) is 1.66. The second-order valence-electron chi connectivity index (χ2n) is 2.35. The van der Waals surface area contributed by atoms with E-state index in [2.05, 4.69) is 0 Å². The van der Waals surface area contributed by atoms with Crippen LogP contribution in [0.1, 0.15) is 0 Å². The maximum Gasteiger partial charge on any atom is 0.419 e. The van der Waals surface area contributed by atoms with Crippen molar-refractivity contribution in [3.05, 3.63) is 35.0 Å². The van der Waals surface area contributed by atoms with Gasteiger partial charge in [-0.1, -0.05) is 0 Å². The topological polar surface area (TPSA) is 0 Å². The fraction of sp³-hybridized carbons (Fsp3) is 0.143. The van der Waals surface area contributed by atoms with Crippen LogP contribution in [0.2, 0.25) is 0 Å². The fourth-order valence-electron chi connectivity index (χ4n) is 0.885. The Balaban J connectivity index is 3.14. The van der Waals surface area contributed by atoms with Crippen molar-refractivity contribution < 1.29 is 30.7 Å². The first-order chi connectivity index (χ1) is 6.25. The molecule has 0 N–H and O–H groups in total. The van der Waals surface area contributed by atoms with E-state index in [1.807, 2.05) is 0 Å². The molecule has 0 amide bonds. The van der Waals surface area contributed by atoms with E-state index in [1.165, 1.54) is 0 Å². The molecule has 0 heterocycles. The first kappa shape index (κ1) is 10.8. The Bertz CT molecular complexity index is 351. The molecule has 0 saturated carbocycles. The quantitative estimate of drug-likeness (QED) is 0.587. The zero-order chi connectivity index (χ0) is 11.1. The van der Waals surface area contributed by atoms with Crippen LogP contribution < -0.4 is 0 Å². The molecule has 7 heteroatoms. The van der Waals surface area contributed by atoms with Gasteiger partial charge in [0, 0.05) is 5.57 Å². The summed E-state index contributed by atoms with van der Waals surface area (Å²) >= 11 is 0. The predicted octanol–water partition coefficient (Wildman–Crippen LogP) is 3.79. The standard InChI is InChI=1S/C7HF7/c8-3-1-2(5(9)6(10)11)4(3)7(12,13)14/h1H. The number of hydrogen-bond donors (Lipinski definition) is 0. The molecule has 0 bridgehead atoms. The lowest BCUT2D eigenvalue weighted by atomic mass is 9.95. The minimum absolute atomic E-state index is 0.0668. The molecule has 14 heavy (non-hydrogen) atoms. The summed E-state index contributed by atoms with van der Waals surface area (Å²) in [5.74, 6) is -4.09. The van der Waals surface area contributed by atoms with E-state index < -0.39 is 35.1 Å². The molecule has 0 atom stereocenters. The molecule has 0 radical (unpaired) electrons. The molecular formula is C7HF7. The predicted molar refractivity (Wildman–Crippen MR) is 32.6 cm³/mol. The molecule has 1 aliphatic rings. The van der Waals surface area contributed by atoms with Crippen LogP contribution in [0.3, 0.4) is 0 Å². The molecule has 1 rings (SSSR count). The minimum atomic E-state index is -5.17. The molecule has 0 aromatic carbocycles. The maximum absolute atomic E-state index is 12.3. The van der Waals surface area contributed by atoms with Gasteiger partial charge >= 0.3 is 12.3 Å². The van der Waals surface area contributed by atoms with Crippen LogP contribution in [0.15, 0.2) is 35.0 Å². The Morgan fingerprint density at radius 3 is 1.86 bits per heavy atom. The van der Waals surface area contributed by atoms with E-state index in [9.17, 15) is 30.7 Å². The zero-order valence-corrected chi connectivity index (χ0v) is 6.22. The molecule has 0 unspecified atom stereocenters. The third-order valence-electron chi connectivity index (χ3n) is 1.47. The smallest absolute Gasteiger partial charge is 0.206 e. The zero-order valence-electron chi connectivity index (χ0n) is 6.22. The van der Waals surface area contributed by atoms with Crippen molar-refractivity contribution in [2.24, 2.45) is 0 Å². The van der Waals surface area contributed by atoms with Crippen molar-refractivity contribution in [2.75, 3.05) is 0 Å². The van der Waals surface area contributed by atoms with Crippen molar-refractivity contribution >= 4 is 0 Å². The minimum Gasteiger partial charge on any atom is -0.206 e. The summed E-state index contributed by atoms with van der Waals surface area (Å²) in [5.41, 5.74) is -3.43. The molecule has 0 aromatic heterocycles. The van der Waals surface area contributed by atoms with Crippen LogP contribution in [-0.2, 0) is 0 Å². The van der Waals surface area contributed by atoms with Crippen molar-refractivity contribution in [1.82, 2.24) is 0 Å². The lowest BCUT2D eigenvalue weighted by molar-refractivity contribution is -0.0929. The number of allylic oxidation sites excluding steroid dienone is 5. The highest BCUT2D eigenvalue weighted by molar-refractivity contribution is 5.59. The van der Waals surface area contributed by atoms with Crippen LogP contribution in [0, 0.1) is 0 Å². The lowest BCUT2D eigenvalue weighted by Crippen LogP contribution is -2.20. The van der Waals surface area contributed by atoms with E-state index in [0.29, 0.717) is 0 Å². The monoisotopic (exact) mass is 218 g/mol. The Morgan fingerprint density at radius 2 is 1.57 bits per heavy atom. The first-order valence-corrected chi connectivity index (χ1v) is 3.15. The molecular weight excluding hydrogens is 217 g/mol. The Kier molecular flexibility index (Phi) is 2.43. The molecule has 0 spiro atoms. The maximum atomic E-state index is 12.3. The van der Waals surface area contributed by atoms with Gasteiger partial charge in [0.15, 0.2) is 5.83 Å². The summed E-state index contributed by atoms with van der Waals surface area (Å²) < 4.78 is 83.1. The second kappa shape index (κ2) is 3.14. The Hall–Kier alpha value is -1.27. The van der Waals surface area contributed by atoms with Crippen LogP contribution in [-0.4, -0.2) is 6.18 Å². The highest BCUT2D eigenvalue weighted by Gasteiger charge is 2.44. The molecule has 1 aliphatic carbocycles. The van der Waals surface area contributed by atoms with Crippen LogP contribution in [0.5, 0.6) is 0 Å². The summed E-state index contributed by atoms with van der Waals surface area (Å²) in [4.78, 5) is 0. The van der Waals surface area contributed by atoms with Gasteiger partial charge in [-0.15, -0.1) is 0 Å². The highest BCUT2D eigenvalue weighted by atomic mass is 19.4. The fourth-order valence-corrected chi connectivity index (χ4v) is 0.885. The van der Waals surface area contributed by atoms with Crippen LogP contribution >= 0.6 is 0 Å². The number of hydrogen-bond acceptors (Lipinski definition) is 0. The first-order valence-electron chi connectivity index (χ1n) is 3.15. The molecule has 0 aromatic rings. The van der Waals surface area contributed by atoms with E-state index in [-0.39, 0.29) is 6.08 Å². The normalized spacial score (nSPS) is 16.4. The van der Waals surface area contributed by atoms with E-state index in [1.54, 1.807) is 0 Å². The van der Waals surface area contributed by atoms with Gasteiger partial charge in [-0.05, 0) is 6.08 Å². The average Bonchev–Trinajstić information content (AvgIpc) is 1.94. The van der Waals surface area contributed by atoms with Gasteiger partial charge in [-0.3, -0.25) is 0 Å². The van der Waals surface area contributed by atoms with Gasteiger partial charge in [0.05, 0.1) is 0 Å². The van der Waals surface area contributed by atoms with Gasteiger partial charge in [0.2, 0.25) is 0 Å². The third-order valence-corrected chi connectivity index (χ3v) is 1.47. The molecule has 0 saturated heterocycles. The van der Waals surface area contributed by atoms with Crippen LogP contribution in [0.25, 0.3) is 0 Å². The molecule has 0 fully saturated rings. The van der Waals surface area contributed by atoms with Gasteiger partial charge in [0.1, 0.15) is 11.4 Å². The summed E-state index contributed by atoms with van der Waals surface area (Å²) in [6, 6.07) is 0. The van der Waals surface area contributed by atoms with Crippen LogP contribution in [0.4, 0.5) is 30.7 Å². The van der Waals surface area contributed by atoms with Crippen molar-refractivity contribution in [1.29, 1.82) is 0 Å². The van der Waals surface area contributed by atoms with Crippen molar-refractivity contribution in [2.45, 2.75) is 6.18 Å². The van der Waals surface area contributed by atoms with E-state index in [4.69, 9.17) is 0 Å². The van der Waals surface area contributed by atoms with Crippen molar-refractivity contribution in [3.8, 4) is 0 Å². The highest BCUT2D eigenvalue weighted by Crippen LogP contribution is 2.44. The van der Waals surface area contributed by atoms with Crippen molar-refractivity contribution in [3.63, 3.8) is 0 Å². The molecule has 78 valence electrons. The number of rotatable bonds is 1. The molecule has 0 aliphatic heterocycles. The SMILES string of the molecule is FC1=CC(C(F)=C(F)F)=C1C(F)(F)F. The van der Waals surface area contributed by atoms with Gasteiger partial charge < -0.3 is 0 Å². The van der Waals surface area contributed by atoms with E-state index in [0.717, 1.165) is 0 Å².